The first-order valence-corrected chi connectivity index (χ1v) is 8.76. The molecule has 0 aromatic carbocycles. The van der Waals surface area contributed by atoms with Crippen molar-refractivity contribution in [3.05, 3.63) is 0 Å². The topological polar surface area (TPSA) is 87.0 Å². The van der Waals surface area contributed by atoms with E-state index in [1.165, 1.54) is 0 Å². The Morgan fingerprint density at radius 3 is 1.90 bits per heavy atom. The lowest BCUT2D eigenvalue weighted by atomic mass is 10.3. The Morgan fingerprint density at radius 1 is 1.05 bits per heavy atom. The molecule has 0 spiro atoms. The quantitative estimate of drug-likeness (QED) is 0.417. The zero-order valence-corrected chi connectivity index (χ0v) is 14.1. The molecule has 7 heteroatoms. The van der Waals surface area contributed by atoms with E-state index in [9.17, 15) is 19.7 Å². The Kier molecular flexibility index (Phi) is 8.48. The molecular weight excluding hydrogens is 281 g/mol. The minimum atomic E-state index is -3.65. The molecule has 6 nitrogen and oxygen atoms in total. The molecule has 3 N–H and O–H groups in total. The Bertz CT molecular complexity index is 299. The highest BCUT2D eigenvalue weighted by Crippen LogP contribution is 2.54. The van der Waals surface area contributed by atoms with Gasteiger partial charge in [-0.05, 0) is 27.2 Å². The third-order valence-electron chi connectivity index (χ3n) is 3.53. The molecule has 0 heterocycles. The summed E-state index contributed by atoms with van der Waals surface area (Å²) in [6.07, 6.45) is 0.913. The van der Waals surface area contributed by atoms with Gasteiger partial charge in [-0.25, -0.2) is 0 Å². The summed E-state index contributed by atoms with van der Waals surface area (Å²) in [5, 5.41) is 17.6. The molecule has 0 aliphatic heterocycles. The average molecular weight is 312 g/mol. The maximum atomic E-state index is 12.0. The number of nitrogens with zero attached hydrogens (tertiary/aromatic N) is 1. The first-order chi connectivity index (χ1) is 9.14. The van der Waals surface area contributed by atoms with Crippen molar-refractivity contribution in [1.82, 2.24) is 0 Å². The Hall–Kier alpha value is 0.0300. The number of quaternary nitrogens is 1. The van der Waals surface area contributed by atoms with Crippen LogP contribution in [0, 0.1) is 0 Å². The van der Waals surface area contributed by atoms with Gasteiger partial charge in [0.2, 0.25) is 0 Å². The van der Waals surface area contributed by atoms with Crippen LogP contribution in [-0.4, -0.2) is 70.7 Å². The van der Waals surface area contributed by atoms with Gasteiger partial charge < -0.3 is 24.1 Å². The molecule has 0 aliphatic rings. The van der Waals surface area contributed by atoms with Crippen LogP contribution >= 0.6 is 7.60 Å². The molecule has 1 unspecified atom stereocenters. The average Bonchev–Trinajstić information content (AvgIpc) is 2.28. The van der Waals surface area contributed by atoms with Gasteiger partial charge in [0, 0.05) is 0 Å². The van der Waals surface area contributed by atoms with Crippen molar-refractivity contribution >= 4 is 7.60 Å². The molecule has 20 heavy (non-hydrogen) atoms. The van der Waals surface area contributed by atoms with E-state index in [0.29, 0.717) is 24.1 Å². The van der Waals surface area contributed by atoms with Gasteiger partial charge in [-0.1, -0.05) is 6.92 Å². The lowest BCUT2D eigenvalue weighted by molar-refractivity contribution is -0.928. The van der Waals surface area contributed by atoms with Crippen LogP contribution in [0.15, 0.2) is 0 Å². The van der Waals surface area contributed by atoms with E-state index in [1.54, 1.807) is 20.8 Å². The molecule has 0 radical (unpaired) electrons. The van der Waals surface area contributed by atoms with Crippen molar-refractivity contribution in [1.29, 1.82) is 0 Å². The summed E-state index contributed by atoms with van der Waals surface area (Å²) >= 11 is 0. The van der Waals surface area contributed by atoms with Gasteiger partial charge in [-0.2, -0.15) is 0 Å². The standard InChI is InChI=1S/C13H30NO5P/c1-5-6-14(7-10-15,8-11-16)9-12-19-20(17,18)13(2,3)4/h15-16H,5-12H2,1-4H3/p+1. The monoisotopic (exact) mass is 312 g/mol. The highest BCUT2D eigenvalue weighted by Gasteiger charge is 2.37. The van der Waals surface area contributed by atoms with E-state index >= 15 is 0 Å². The number of hydrogen-bond donors (Lipinski definition) is 3. The van der Waals surface area contributed by atoms with E-state index < -0.39 is 12.8 Å². The number of aliphatic hydroxyl groups excluding tert-OH is 2. The van der Waals surface area contributed by atoms with Gasteiger partial charge in [-0.15, -0.1) is 0 Å². The van der Waals surface area contributed by atoms with Crippen LogP contribution < -0.4 is 0 Å². The first kappa shape index (κ1) is 20.0. The van der Waals surface area contributed by atoms with Crippen LogP contribution in [0.1, 0.15) is 34.1 Å². The highest BCUT2D eigenvalue weighted by molar-refractivity contribution is 7.54. The smallest absolute Gasteiger partial charge is 0.333 e. The SMILES string of the molecule is CCC[N+](CCO)(CCO)CCOP(=O)(O)C(C)(C)C. The molecule has 0 amide bonds. The molecule has 0 saturated heterocycles. The number of hydrogen-bond acceptors (Lipinski definition) is 4. The van der Waals surface area contributed by atoms with Crippen LogP contribution in [-0.2, 0) is 9.09 Å². The second-order valence-corrected chi connectivity index (χ2v) is 8.85. The molecule has 0 bridgehead atoms. The van der Waals surface area contributed by atoms with E-state index in [-0.39, 0.29) is 19.8 Å². The molecule has 1 atom stereocenters. The Labute approximate surface area is 122 Å². The maximum Gasteiger partial charge on any atom is 0.333 e. The lowest BCUT2D eigenvalue weighted by Gasteiger charge is -2.38. The molecule has 122 valence electrons. The minimum absolute atomic E-state index is 0.0239. The fourth-order valence-electron chi connectivity index (χ4n) is 2.12. The van der Waals surface area contributed by atoms with Crippen molar-refractivity contribution in [2.24, 2.45) is 0 Å². The summed E-state index contributed by atoms with van der Waals surface area (Å²) in [5.41, 5.74) is 0. The second-order valence-electron chi connectivity index (χ2n) is 6.21. The van der Waals surface area contributed by atoms with Crippen LogP contribution in [0.4, 0.5) is 0 Å². The van der Waals surface area contributed by atoms with Crippen molar-refractivity contribution in [2.45, 2.75) is 39.3 Å². The lowest BCUT2D eigenvalue weighted by Crippen LogP contribution is -2.53. The van der Waals surface area contributed by atoms with Crippen molar-refractivity contribution in [3.8, 4) is 0 Å². The molecule has 0 aliphatic carbocycles. The molecule has 0 aromatic heterocycles. The van der Waals surface area contributed by atoms with E-state index in [0.717, 1.165) is 13.0 Å². The number of rotatable bonds is 10. The minimum Gasteiger partial charge on any atom is -0.391 e. The van der Waals surface area contributed by atoms with E-state index in [2.05, 4.69) is 0 Å². The summed E-state index contributed by atoms with van der Waals surface area (Å²) in [5.74, 6) is 0. The summed E-state index contributed by atoms with van der Waals surface area (Å²) in [4.78, 5) is 9.87. The number of aliphatic hydroxyl groups is 2. The van der Waals surface area contributed by atoms with Crippen LogP contribution in [0.3, 0.4) is 0 Å². The molecule has 0 rings (SSSR count). The van der Waals surface area contributed by atoms with Crippen LogP contribution in [0.5, 0.6) is 0 Å². The van der Waals surface area contributed by atoms with E-state index in [4.69, 9.17) is 4.52 Å². The van der Waals surface area contributed by atoms with Crippen LogP contribution in [0.25, 0.3) is 0 Å². The molecule has 0 fully saturated rings. The molecular formula is C13H31NO5P+. The van der Waals surface area contributed by atoms with Gasteiger partial charge in [0.15, 0.2) is 0 Å². The normalized spacial score (nSPS) is 16.1. The van der Waals surface area contributed by atoms with Crippen molar-refractivity contribution < 1.29 is 28.7 Å². The molecule has 0 saturated carbocycles. The van der Waals surface area contributed by atoms with Gasteiger partial charge in [0.1, 0.15) is 26.2 Å². The Balaban J connectivity index is 4.65. The predicted molar refractivity (Wildman–Crippen MR) is 79.7 cm³/mol. The Morgan fingerprint density at radius 2 is 1.55 bits per heavy atom. The predicted octanol–water partition coefficient (Wildman–Crippen LogP) is 1.20. The third kappa shape index (κ3) is 6.20. The summed E-state index contributed by atoms with van der Waals surface area (Å²) in [6.45, 7) is 9.58. The molecule has 0 aromatic rings. The van der Waals surface area contributed by atoms with Gasteiger partial charge in [0.25, 0.3) is 0 Å². The maximum absolute atomic E-state index is 12.0. The van der Waals surface area contributed by atoms with Gasteiger partial charge in [-0.3, -0.25) is 4.57 Å². The summed E-state index contributed by atoms with van der Waals surface area (Å²) < 4.78 is 17.8. The largest absolute Gasteiger partial charge is 0.391 e. The first-order valence-electron chi connectivity index (χ1n) is 7.18. The fraction of sp³-hybridized carbons (Fsp3) is 1.00. The summed E-state index contributed by atoms with van der Waals surface area (Å²) in [7, 11) is -3.65. The van der Waals surface area contributed by atoms with Gasteiger partial charge in [0.05, 0.1) is 24.9 Å². The van der Waals surface area contributed by atoms with Crippen LogP contribution in [0.2, 0.25) is 0 Å². The fourth-order valence-corrected chi connectivity index (χ4v) is 2.84. The zero-order valence-electron chi connectivity index (χ0n) is 13.2. The van der Waals surface area contributed by atoms with Crippen molar-refractivity contribution in [2.75, 3.05) is 46.0 Å². The highest BCUT2D eigenvalue weighted by atomic mass is 31.2. The van der Waals surface area contributed by atoms with Gasteiger partial charge >= 0.3 is 7.60 Å². The third-order valence-corrected chi connectivity index (χ3v) is 5.75. The van der Waals surface area contributed by atoms with E-state index in [1.807, 2.05) is 6.92 Å². The second kappa shape index (κ2) is 8.47. The summed E-state index contributed by atoms with van der Waals surface area (Å²) in [6, 6.07) is 0. The van der Waals surface area contributed by atoms with Crippen molar-refractivity contribution in [3.63, 3.8) is 0 Å². The zero-order chi connectivity index (χ0) is 15.9.